The molecule has 0 radical (unpaired) electrons. The van der Waals surface area contributed by atoms with Gasteiger partial charge in [-0.05, 0) is 51.9 Å². The van der Waals surface area contributed by atoms with Crippen molar-refractivity contribution in [2.75, 3.05) is 39.9 Å². The summed E-state index contributed by atoms with van der Waals surface area (Å²) in [7, 11) is 1.50. The minimum Gasteiger partial charge on any atom is -0.468 e. The van der Waals surface area contributed by atoms with Crippen molar-refractivity contribution in [2.45, 2.75) is 88.1 Å². The molecule has 0 aromatic carbocycles. The third-order valence-electron chi connectivity index (χ3n) is 5.92. The van der Waals surface area contributed by atoms with E-state index in [1.165, 1.54) is 7.05 Å². The number of rotatable bonds is 16. The van der Waals surface area contributed by atoms with Gasteiger partial charge in [0.1, 0.15) is 30.2 Å². The van der Waals surface area contributed by atoms with Crippen molar-refractivity contribution in [3.63, 3.8) is 0 Å². The Balaban J connectivity index is 0.00000316. The first kappa shape index (κ1) is 32.6. The van der Waals surface area contributed by atoms with Gasteiger partial charge in [0.05, 0.1) is 25.8 Å². The highest BCUT2D eigenvalue weighted by molar-refractivity contribution is 5.47. The van der Waals surface area contributed by atoms with E-state index >= 15 is 0 Å². The molecule has 11 N–H and O–H groups in total. The van der Waals surface area contributed by atoms with E-state index in [4.69, 9.17) is 35.5 Å². The molecule has 2 rings (SSSR count). The van der Waals surface area contributed by atoms with Gasteiger partial charge in [-0.2, -0.15) is 0 Å². The number of nitrogens with two attached hydrogens (primary N) is 3. The van der Waals surface area contributed by atoms with E-state index < -0.39 is 49.1 Å². The Morgan fingerprint density at radius 2 is 2.08 bits per heavy atom. The van der Waals surface area contributed by atoms with Crippen LogP contribution in [0.1, 0.15) is 39.0 Å². The largest absolute Gasteiger partial charge is 0.468 e. The van der Waals surface area contributed by atoms with Crippen LogP contribution < -0.4 is 27.8 Å². The Bertz CT molecular complexity index is 617. The van der Waals surface area contributed by atoms with E-state index in [0.29, 0.717) is 32.3 Å². The van der Waals surface area contributed by atoms with Crippen LogP contribution in [-0.4, -0.2) is 111 Å². The predicted octanol–water partition coefficient (Wildman–Crippen LogP) is -2.40. The lowest BCUT2D eigenvalue weighted by Crippen LogP contribution is -2.65. The first-order chi connectivity index (χ1) is 17.4. The molecule has 1 amide bonds. The zero-order chi connectivity index (χ0) is 26.9. The summed E-state index contributed by atoms with van der Waals surface area (Å²) in [6.45, 7) is 3.38. The summed E-state index contributed by atoms with van der Waals surface area (Å²) in [6, 6.07) is -1.22. The molecule has 0 spiro atoms. The van der Waals surface area contributed by atoms with Crippen molar-refractivity contribution in [3.05, 3.63) is 11.8 Å². The average molecular weight is 522 g/mol. The van der Waals surface area contributed by atoms with Crippen molar-refractivity contribution in [2.24, 2.45) is 17.2 Å². The number of hydrogen-bond donors (Lipinski definition) is 8. The van der Waals surface area contributed by atoms with Crippen LogP contribution in [0.15, 0.2) is 11.8 Å². The van der Waals surface area contributed by atoms with Gasteiger partial charge in [-0.1, -0.05) is 6.92 Å². The Hall–Kier alpha value is -1.39. The van der Waals surface area contributed by atoms with Gasteiger partial charge in [-0.25, -0.2) is 0 Å². The van der Waals surface area contributed by atoms with Crippen LogP contribution >= 0.6 is 0 Å². The smallest absolute Gasteiger partial charge is 0.207 e. The molecule has 36 heavy (non-hydrogen) atoms. The number of hydrogen-bond acceptors (Lipinski definition) is 12. The third kappa shape index (κ3) is 10.5. The fourth-order valence-corrected chi connectivity index (χ4v) is 4.08. The minimum absolute atomic E-state index is 0.0555. The molecule has 2 aliphatic rings. The van der Waals surface area contributed by atoms with Crippen LogP contribution in [0.2, 0.25) is 0 Å². The quantitative estimate of drug-likeness (QED) is 0.0606. The second-order valence-electron chi connectivity index (χ2n) is 8.54. The molecule has 212 valence electrons. The Kier molecular flexibility index (Phi) is 17.0. The second-order valence-corrected chi connectivity index (χ2v) is 8.54. The van der Waals surface area contributed by atoms with E-state index in [1.54, 1.807) is 6.92 Å². The van der Waals surface area contributed by atoms with Crippen LogP contribution in [0.25, 0.3) is 0 Å². The number of allylic oxidation sites excluding steroid dienone is 1. The lowest BCUT2D eigenvalue weighted by molar-refractivity contribution is -0.269. The highest BCUT2D eigenvalue weighted by atomic mass is 16.7. The minimum atomic E-state index is -1.23. The third-order valence-corrected chi connectivity index (χ3v) is 5.92. The van der Waals surface area contributed by atoms with Gasteiger partial charge >= 0.3 is 0 Å². The maximum atomic E-state index is 11.2. The van der Waals surface area contributed by atoms with Crippen LogP contribution in [0.5, 0.6) is 0 Å². The fourth-order valence-electron chi connectivity index (χ4n) is 4.08. The summed E-state index contributed by atoms with van der Waals surface area (Å²) >= 11 is 0. The molecule has 13 heteroatoms. The van der Waals surface area contributed by atoms with E-state index in [-0.39, 0.29) is 19.6 Å². The number of amides is 1. The average Bonchev–Trinajstić information content (AvgIpc) is 2.89. The molecule has 0 saturated heterocycles. The van der Waals surface area contributed by atoms with Gasteiger partial charge in [-0.3, -0.25) is 4.79 Å². The topological polar surface area (TPSA) is 217 Å². The summed E-state index contributed by atoms with van der Waals surface area (Å²) in [4.78, 5) is 11.2. The van der Waals surface area contributed by atoms with Gasteiger partial charge in [-0.15, -0.1) is 0 Å². The SMILES string of the molecule is CCC(O)C(OCCO)O[C@H]1C(NC=O)CC(N)[C@@H](O[C@@H]2CCC=C(CNCCCN)O2)C1O.CN. The molecule has 1 saturated carbocycles. The molecule has 1 aliphatic carbocycles. The Morgan fingerprint density at radius 1 is 1.33 bits per heavy atom. The van der Waals surface area contributed by atoms with Crippen molar-refractivity contribution in [3.8, 4) is 0 Å². The normalized spacial score (nSPS) is 29.7. The first-order valence-electron chi connectivity index (χ1n) is 12.6. The highest BCUT2D eigenvalue weighted by Crippen LogP contribution is 2.29. The summed E-state index contributed by atoms with van der Waals surface area (Å²) in [5, 5.41) is 36.4. The summed E-state index contributed by atoms with van der Waals surface area (Å²) in [6.07, 6.45) is -0.391. The summed E-state index contributed by atoms with van der Waals surface area (Å²) < 4.78 is 23.4. The van der Waals surface area contributed by atoms with Crippen molar-refractivity contribution < 1.29 is 39.1 Å². The second kappa shape index (κ2) is 18.8. The van der Waals surface area contributed by atoms with E-state index in [1.807, 2.05) is 6.08 Å². The number of ether oxygens (including phenoxy) is 4. The lowest BCUT2D eigenvalue weighted by atomic mass is 9.84. The zero-order valence-corrected chi connectivity index (χ0v) is 21.5. The molecule has 0 aromatic heterocycles. The maximum Gasteiger partial charge on any atom is 0.207 e. The van der Waals surface area contributed by atoms with E-state index in [0.717, 1.165) is 25.1 Å². The van der Waals surface area contributed by atoms with Gasteiger partial charge < -0.3 is 62.1 Å². The number of nitrogens with one attached hydrogen (secondary N) is 2. The Morgan fingerprint density at radius 3 is 2.72 bits per heavy atom. The van der Waals surface area contributed by atoms with E-state index in [2.05, 4.69) is 16.4 Å². The summed E-state index contributed by atoms with van der Waals surface area (Å²) in [5.41, 5.74) is 16.3. The standard InChI is InChI=1S/C22H42N4O8.CH5N/c1-2-17(29)22(31-10-9-27)34-21-16(26-13-28)11-15(24)20(19(21)30)33-18-6-3-5-14(32-18)12-25-8-4-7-23;1-2/h5,13,15-22,25,27,29-30H,2-4,6-12,23-24H2,1H3,(H,26,28);2H2,1H3/t15?,16?,17?,18-,19?,20-,21+,22?;/m1./s1. The predicted molar refractivity (Wildman–Crippen MR) is 133 cm³/mol. The number of carbonyl (C=O) groups is 1. The number of aliphatic hydroxyl groups is 3. The maximum absolute atomic E-state index is 11.2. The summed E-state index contributed by atoms with van der Waals surface area (Å²) in [5.74, 6) is 0.754. The number of aliphatic hydroxyl groups excluding tert-OH is 3. The van der Waals surface area contributed by atoms with Gasteiger partial charge in [0.15, 0.2) is 12.6 Å². The Labute approximate surface area is 213 Å². The van der Waals surface area contributed by atoms with E-state index in [9.17, 15) is 15.0 Å². The molecule has 0 bridgehead atoms. The molecule has 13 nitrogen and oxygen atoms in total. The van der Waals surface area contributed by atoms with Gasteiger partial charge in [0.2, 0.25) is 6.41 Å². The van der Waals surface area contributed by atoms with Crippen LogP contribution in [-0.2, 0) is 23.7 Å². The molecule has 0 aromatic rings. The molecule has 8 atom stereocenters. The molecule has 1 aliphatic heterocycles. The lowest BCUT2D eigenvalue weighted by Gasteiger charge is -2.45. The van der Waals surface area contributed by atoms with Crippen LogP contribution in [0, 0.1) is 0 Å². The monoisotopic (exact) mass is 521 g/mol. The zero-order valence-electron chi connectivity index (χ0n) is 21.5. The molecular weight excluding hydrogens is 474 g/mol. The van der Waals surface area contributed by atoms with Crippen LogP contribution in [0.3, 0.4) is 0 Å². The van der Waals surface area contributed by atoms with Gasteiger partial charge in [0.25, 0.3) is 0 Å². The first-order valence-corrected chi connectivity index (χ1v) is 12.6. The highest BCUT2D eigenvalue weighted by Gasteiger charge is 2.47. The molecule has 1 heterocycles. The molecular formula is C23H47N5O8. The molecule has 1 fully saturated rings. The van der Waals surface area contributed by atoms with Crippen molar-refractivity contribution >= 4 is 6.41 Å². The van der Waals surface area contributed by atoms with Crippen molar-refractivity contribution in [1.29, 1.82) is 0 Å². The van der Waals surface area contributed by atoms with Crippen LogP contribution in [0.4, 0.5) is 0 Å². The van der Waals surface area contributed by atoms with Crippen molar-refractivity contribution in [1.82, 2.24) is 10.6 Å². The molecule has 5 unspecified atom stereocenters. The number of carbonyl (C=O) groups excluding carboxylic acids is 1. The fraction of sp³-hybridized carbons (Fsp3) is 0.870. The van der Waals surface area contributed by atoms with Gasteiger partial charge in [0, 0.05) is 12.5 Å².